The van der Waals surface area contributed by atoms with Crippen molar-refractivity contribution in [3.05, 3.63) is 36.5 Å². The molecule has 0 spiro atoms. The van der Waals surface area contributed by atoms with Gasteiger partial charge in [0.05, 0.1) is 39.9 Å². The number of likely N-dealkylation sites (N-methyl/N-ethyl adjacent to an activating group) is 1. The van der Waals surface area contributed by atoms with Gasteiger partial charge in [-0.25, -0.2) is 4.57 Å². The van der Waals surface area contributed by atoms with E-state index in [1.807, 2.05) is 40.2 Å². The van der Waals surface area contributed by atoms with E-state index >= 15 is 0 Å². The van der Waals surface area contributed by atoms with Crippen LogP contribution in [0.3, 0.4) is 0 Å². The number of rotatable bonds is 40. The molecule has 0 radical (unpaired) electrons. The fourth-order valence-electron chi connectivity index (χ4n) is 6.37. The zero-order valence-corrected chi connectivity index (χ0v) is 36.9. The number of allylic oxidation sites excluding steroid dienone is 5. The van der Waals surface area contributed by atoms with Gasteiger partial charge in [0.2, 0.25) is 5.91 Å². The van der Waals surface area contributed by atoms with E-state index < -0.39 is 20.0 Å². The number of amides is 1. The first-order valence-electron chi connectivity index (χ1n) is 22.3. The zero-order valence-electron chi connectivity index (χ0n) is 36.0. The van der Waals surface area contributed by atoms with E-state index in [0.717, 1.165) is 44.9 Å². The third-order valence-corrected chi connectivity index (χ3v) is 10.9. The molecule has 3 N–H and O–H groups in total. The van der Waals surface area contributed by atoms with Crippen LogP contribution >= 0.6 is 7.82 Å². The van der Waals surface area contributed by atoms with Crippen LogP contribution in [0.5, 0.6) is 0 Å². The molecule has 0 aliphatic carbocycles. The quantitative estimate of drug-likeness (QED) is 0.0247. The maximum absolute atomic E-state index is 12.8. The van der Waals surface area contributed by atoms with E-state index in [0.29, 0.717) is 17.4 Å². The molecule has 0 aliphatic rings. The van der Waals surface area contributed by atoms with E-state index in [9.17, 15) is 19.4 Å². The lowest BCUT2D eigenvalue weighted by Crippen LogP contribution is -2.45. The van der Waals surface area contributed by atoms with Gasteiger partial charge in [0, 0.05) is 6.42 Å². The zero-order chi connectivity index (χ0) is 40.0. The van der Waals surface area contributed by atoms with Crippen LogP contribution in [0.25, 0.3) is 0 Å². The molecule has 0 fully saturated rings. The van der Waals surface area contributed by atoms with Gasteiger partial charge in [-0.2, -0.15) is 0 Å². The molecule has 0 rings (SSSR count). The second-order valence-corrected chi connectivity index (χ2v) is 17.9. The Labute approximate surface area is 334 Å². The molecule has 54 heavy (non-hydrogen) atoms. The molecular formula is C45H88N2O6P+. The van der Waals surface area contributed by atoms with Gasteiger partial charge in [-0.3, -0.25) is 13.8 Å². The molecule has 0 aromatic rings. The normalized spacial score (nSPS) is 14.7. The number of unbranched alkanes of at least 4 members (excludes halogenated alkanes) is 24. The first-order chi connectivity index (χ1) is 26.0. The van der Waals surface area contributed by atoms with Gasteiger partial charge in [0.15, 0.2) is 0 Å². The first-order valence-corrected chi connectivity index (χ1v) is 23.8. The van der Waals surface area contributed by atoms with Crippen LogP contribution in [0.4, 0.5) is 0 Å². The van der Waals surface area contributed by atoms with Crippen molar-refractivity contribution in [1.82, 2.24) is 5.32 Å². The van der Waals surface area contributed by atoms with Crippen LogP contribution in [0.15, 0.2) is 36.5 Å². The Morgan fingerprint density at radius 2 is 1.06 bits per heavy atom. The van der Waals surface area contributed by atoms with Crippen molar-refractivity contribution in [2.75, 3.05) is 40.9 Å². The average molecular weight is 784 g/mol. The lowest BCUT2D eigenvalue weighted by Gasteiger charge is -2.25. The van der Waals surface area contributed by atoms with Crippen LogP contribution in [-0.2, 0) is 18.4 Å². The number of aliphatic hydroxyl groups excluding tert-OH is 1. The summed E-state index contributed by atoms with van der Waals surface area (Å²) in [6, 6.07) is -0.864. The Morgan fingerprint density at radius 3 is 1.48 bits per heavy atom. The van der Waals surface area contributed by atoms with Crippen molar-refractivity contribution in [3.63, 3.8) is 0 Å². The number of carbonyl (C=O) groups excluding carboxylic acids is 1. The van der Waals surface area contributed by atoms with Gasteiger partial charge >= 0.3 is 7.82 Å². The number of phosphoric acid groups is 1. The molecule has 0 heterocycles. The summed E-state index contributed by atoms with van der Waals surface area (Å²) in [5.74, 6) is -0.192. The molecule has 1 amide bonds. The van der Waals surface area contributed by atoms with Gasteiger partial charge in [-0.05, 0) is 39.0 Å². The van der Waals surface area contributed by atoms with Crippen LogP contribution in [0.2, 0.25) is 0 Å². The SMILES string of the molecule is C/C=C/CC/C=C/CC/C=C/C(O)C(COP(=O)(O)OCC[N+](C)(C)C)NC(=O)CCCCCCCCCCCCCCCCCCCCCCCCC. The van der Waals surface area contributed by atoms with Gasteiger partial charge < -0.3 is 19.8 Å². The second-order valence-electron chi connectivity index (χ2n) is 16.4. The van der Waals surface area contributed by atoms with Crippen molar-refractivity contribution >= 4 is 13.7 Å². The Morgan fingerprint density at radius 1 is 0.648 bits per heavy atom. The van der Waals surface area contributed by atoms with Gasteiger partial charge in [-0.15, -0.1) is 0 Å². The van der Waals surface area contributed by atoms with E-state index in [1.54, 1.807) is 6.08 Å². The van der Waals surface area contributed by atoms with Crippen molar-refractivity contribution in [3.8, 4) is 0 Å². The van der Waals surface area contributed by atoms with Crippen LogP contribution in [0, 0.1) is 0 Å². The predicted molar refractivity (Wildman–Crippen MR) is 231 cm³/mol. The summed E-state index contributed by atoms with van der Waals surface area (Å²) in [4.78, 5) is 23.0. The summed E-state index contributed by atoms with van der Waals surface area (Å²) in [7, 11) is 1.55. The number of phosphoric ester groups is 1. The molecule has 0 saturated heterocycles. The standard InChI is InChI=1S/C45H87N2O6P/c1-6-8-10-12-14-16-17-18-19-20-21-22-23-24-25-26-27-28-29-31-33-35-37-39-45(49)46-43(42-53-54(50,51)52-41-40-47(3,4)5)44(48)38-36-34-32-30-15-13-11-9-7-2/h7,9,15,30,36,38,43-44,48H,6,8,10-14,16-29,31-35,37,39-42H2,1-5H3,(H-,46,49,50,51)/p+1/b9-7+,30-15+,38-36+. The van der Waals surface area contributed by atoms with E-state index in [1.165, 1.54) is 128 Å². The molecule has 0 aliphatic heterocycles. The minimum Gasteiger partial charge on any atom is -0.387 e. The van der Waals surface area contributed by atoms with Crippen LogP contribution < -0.4 is 5.32 Å². The Kier molecular flexibility index (Phi) is 36.4. The third-order valence-electron chi connectivity index (χ3n) is 9.94. The molecule has 0 bridgehead atoms. The van der Waals surface area contributed by atoms with Crippen molar-refractivity contribution in [2.45, 2.75) is 206 Å². The summed E-state index contributed by atoms with van der Waals surface area (Å²) in [5.41, 5.74) is 0. The fourth-order valence-corrected chi connectivity index (χ4v) is 7.11. The summed E-state index contributed by atoms with van der Waals surface area (Å²) >= 11 is 0. The lowest BCUT2D eigenvalue weighted by atomic mass is 10.0. The largest absolute Gasteiger partial charge is 0.472 e. The molecule has 3 unspecified atom stereocenters. The maximum Gasteiger partial charge on any atom is 0.472 e. The minimum absolute atomic E-state index is 0.0541. The lowest BCUT2D eigenvalue weighted by molar-refractivity contribution is -0.870. The maximum atomic E-state index is 12.8. The predicted octanol–water partition coefficient (Wildman–Crippen LogP) is 12.3. The summed E-state index contributed by atoms with van der Waals surface area (Å²) in [6.07, 6.45) is 45.4. The van der Waals surface area contributed by atoms with Crippen molar-refractivity contribution in [1.29, 1.82) is 0 Å². The number of quaternary nitrogens is 1. The molecule has 0 aromatic carbocycles. The first kappa shape index (κ1) is 52.7. The van der Waals surface area contributed by atoms with Crippen molar-refractivity contribution < 1.29 is 32.9 Å². The number of aliphatic hydroxyl groups is 1. The highest BCUT2D eigenvalue weighted by Gasteiger charge is 2.27. The Hall–Kier alpha value is -1.28. The smallest absolute Gasteiger partial charge is 0.387 e. The van der Waals surface area contributed by atoms with Gasteiger partial charge in [-0.1, -0.05) is 185 Å². The number of nitrogens with one attached hydrogen (secondary N) is 1. The highest BCUT2D eigenvalue weighted by molar-refractivity contribution is 7.47. The summed E-state index contributed by atoms with van der Waals surface area (Å²) in [6.45, 7) is 4.55. The van der Waals surface area contributed by atoms with Crippen LogP contribution in [-0.4, -0.2) is 73.4 Å². The van der Waals surface area contributed by atoms with E-state index in [2.05, 4.69) is 30.5 Å². The summed E-state index contributed by atoms with van der Waals surface area (Å²) in [5, 5.41) is 13.7. The molecule has 8 nitrogen and oxygen atoms in total. The molecular weight excluding hydrogens is 695 g/mol. The number of hydrogen-bond donors (Lipinski definition) is 3. The number of carbonyl (C=O) groups is 1. The topological polar surface area (TPSA) is 105 Å². The van der Waals surface area contributed by atoms with Crippen molar-refractivity contribution in [2.24, 2.45) is 0 Å². The number of hydrogen-bond acceptors (Lipinski definition) is 5. The Balaban J connectivity index is 4.18. The third kappa shape index (κ3) is 39.0. The second kappa shape index (κ2) is 37.3. The van der Waals surface area contributed by atoms with Crippen LogP contribution in [0.1, 0.15) is 194 Å². The highest BCUT2D eigenvalue weighted by Crippen LogP contribution is 2.43. The minimum atomic E-state index is -4.34. The molecule has 3 atom stereocenters. The molecule has 9 heteroatoms. The fraction of sp³-hybridized carbons (Fsp3) is 0.844. The van der Waals surface area contributed by atoms with E-state index in [-0.39, 0.29) is 19.1 Å². The monoisotopic (exact) mass is 784 g/mol. The summed E-state index contributed by atoms with van der Waals surface area (Å²) < 4.78 is 23.4. The van der Waals surface area contributed by atoms with Gasteiger partial charge in [0.25, 0.3) is 0 Å². The Bertz CT molecular complexity index is 980. The molecule has 0 aromatic heterocycles. The molecule has 0 saturated carbocycles. The van der Waals surface area contributed by atoms with E-state index in [4.69, 9.17) is 9.05 Å². The number of nitrogens with zero attached hydrogens (tertiary/aromatic N) is 1. The molecule has 318 valence electrons. The van der Waals surface area contributed by atoms with Gasteiger partial charge in [0.1, 0.15) is 13.2 Å². The highest BCUT2D eigenvalue weighted by atomic mass is 31.2. The average Bonchev–Trinajstić information content (AvgIpc) is 3.12.